The zero-order valence-corrected chi connectivity index (χ0v) is 12.6. The lowest BCUT2D eigenvalue weighted by molar-refractivity contribution is 0.161. The lowest BCUT2D eigenvalue weighted by Crippen LogP contribution is -2.41. The van der Waals surface area contributed by atoms with E-state index in [-0.39, 0.29) is 0 Å². The number of nitrogens with one attached hydrogen (secondary N) is 2. The van der Waals surface area contributed by atoms with Crippen LogP contribution in [0.1, 0.15) is 27.2 Å². The normalized spacial score (nSPS) is 12.3. The summed E-state index contributed by atoms with van der Waals surface area (Å²) in [5.74, 6) is 0.909. The Morgan fingerprint density at radius 1 is 1.33 bits per heavy atom. The van der Waals surface area contributed by atoms with E-state index in [1.54, 1.807) is 7.11 Å². The van der Waals surface area contributed by atoms with Gasteiger partial charge in [-0.3, -0.25) is 4.99 Å². The third-order valence-electron chi connectivity index (χ3n) is 2.41. The summed E-state index contributed by atoms with van der Waals surface area (Å²) >= 11 is 0. The summed E-state index contributed by atoms with van der Waals surface area (Å²) in [6.07, 6.45) is 1.06. The Hall–Kier alpha value is -0.810. The molecule has 0 aromatic rings. The van der Waals surface area contributed by atoms with Gasteiger partial charge in [0.2, 0.25) is 0 Å². The van der Waals surface area contributed by atoms with E-state index in [2.05, 4.69) is 48.3 Å². The second-order valence-corrected chi connectivity index (χ2v) is 4.71. The zero-order chi connectivity index (χ0) is 13.8. The van der Waals surface area contributed by atoms with Crippen molar-refractivity contribution in [2.24, 2.45) is 4.99 Å². The van der Waals surface area contributed by atoms with Gasteiger partial charge >= 0.3 is 0 Å². The van der Waals surface area contributed by atoms with Crippen LogP contribution in [0, 0.1) is 0 Å². The van der Waals surface area contributed by atoms with Crippen LogP contribution in [0.5, 0.6) is 0 Å². The lowest BCUT2D eigenvalue weighted by atomic mass is 10.4. The van der Waals surface area contributed by atoms with Crippen LogP contribution in [0.2, 0.25) is 0 Å². The molecule has 5 heteroatoms. The third-order valence-corrected chi connectivity index (χ3v) is 2.41. The smallest absolute Gasteiger partial charge is 0.191 e. The molecule has 0 aliphatic carbocycles. The quantitative estimate of drug-likeness (QED) is 0.367. The van der Waals surface area contributed by atoms with Crippen LogP contribution < -0.4 is 10.6 Å². The molecular formula is C13H30N4O. The number of methoxy groups -OCH3 is 1. The summed E-state index contributed by atoms with van der Waals surface area (Å²) in [6.45, 7) is 10.9. The number of hydrogen-bond donors (Lipinski definition) is 2. The van der Waals surface area contributed by atoms with Crippen molar-refractivity contribution < 1.29 is 4.74 Å². The Morgan fingerprint density at radius 2 is 2.06 bits per heavy atom. The molecule has 18 heavy (non-hydrogen) atoms. The summed E-state index contributed by atoms with van der Waals surface area (Å²) in [7, 11) is 3.85. The number of hydrogen-bond acceptors (Lipinski definition) is 3. The fourth-order valence-corrected chi connectivity index (χ4v) is 1.48. The molecule has 0 bridgehead atoms. The highest BCUT2D eigenvalue weighted by molar-refractivity contribution is 5.79. The second kappa shape index (κ2) is 11.3. The van der Waals surface area contributed by atoms with E-state index in [1.807, 2.05) is 0 Å². The monoisotopic (exact) mass is 258 g/mol. The average Bonchev–Trinajstić information content (AvgIpc) is 2.31. The number of guanidine groups is 1. The van der Waals surface area contributed by atoms with Gasteiger partial charge in [-0.15, -0.1) is 0 Å². The van der Waals surface area contributed by atoms with Crippen LogP contribution in [-0.2, 0) is 4.74 Å². The molecule has 0 saturated carbocycles. The summed E-state index contributed by atoms with van der Waals surface area (Å²) in [5, 5.41) is 6.55. The maximum atomic E-state index is 5.04. The van der Waals surface area contributed by atoms with Gasteiger partial charge in [0.1, 0.15) is 0 Å². The standard InChI is InChI=1S/C13H30N4O/c1-6-14-13(16-12(2)3)15-8-7-9-17(4)10-11-18-5/h12H,6-11H2,1-5H3,(H2,14,15,16). The molecule has 0 aliphatic heterocycles. The van der Waals surface area contributed by atoms with E-state index in [9.17, 15) is 0 Å². The maximum Gasteiger partial charge on any atom is 0.191 e. The summed E-state index contributed by atoms with van der Waals surface area (Å²) in [4.78, 5) is 6.81. The molecule has 0 aromatic carbocycles. The van der Waals surface area contributed by atoms with Crippen LogP contribution in [0.15, 0.2) is 4.99 Å². The molecule has 0 rings (SSSR count). The molecule has 0 saturated heterocycles. The van der Waals surface area contributed by atoms with E-state index in [0.29, 0.717) is 6.04 Å². The lowest BCUT2D eigenvalue weighted by Gasteiger charge is -2.16. The maximum absolute atomic E-state index is 5.04. The first-order valence-corrected chi connectivity index (χ1v) is 6.82. The molecule has 0 amide bonds. The Kier molecular flexibility index (Phi) is 10.8. The molecule has 0 radical (unpaired) electrons. The fraction of sp³-hybridized carbons (Fsp3) is 0.923. The van der Waals surface area contributed by atoms with Crippen molar-refractivity contribution in [3.63, 3.8) is 0 Å². The predicted octanol–water partition coefficient (Wildman–Crippen LogP) is 0.918. The van der Waals surface area contributed by atoms with Gasteiger partial charge in [-0.1, -0.05) is 0 Å². The minimum absolute atomic E-state index is 0.409. The Labute approximate surface area is 112 Å². The highest BCUT2D eigenvalue weighted by atomic mass is 16.5. The zero-order valence-electron chi connectivity index (χ0n) is 12.6. The Morgan fingerprint density at radius 3 is 2.61 bits per heavy atom. The van der Waals surface area contributed by atoms with Crippen molar-refractivity contribution in [2.45, 2.75) is 33.2 Å². The van der Waals surface area contributed by atoms with Crippen LogP contribution in [0.4, 0.5) is 0 Å². The van der Waals surface area contributed by atoms with Gasteiger partial charge < -0.3 is 20.3 Å². The number of likely N-dealkylation sites (N-methyl/N-ethyl adjacent to an activating group) is 1. The number of aliphatic imine (C=N–C) groups is 1. The van der Waals surface area contributed by atoms with E-state index >= 15 is 0 Å². The number of ether oxygens (including phenoxy) is 1. The number of rotatable bonds is 9. The average molecular weight is 258 g/mol. The fourth-order valence-electron chi connectivity index (χ4n) is 1.48. The molecule has 0 aliphatic rings. The molecule has 0 spiro atoms. The predicted molar refractivity (Wildman–Crippen MR) is 78.2 cm³/mol. The topological polar surface area (TPSA) is 48.9 Å². The van der Waals surface area contributed by atoms with E-state index in [0.717, 1.165) is 45.2 Å². The molecule has 0 aromatic heterocycles. The molecule has 5 nitrogen and oxygen atoms in total. The van der Waals surface area contributed by atoms with Gasteiger partial charge in [-0.05, 0) is 40.8 Å². The molecular weight excluding hydrogens is 228 g/mol. The summed E-state index contributed by atoms with van der Waals surface area (Å²) in [5.41, 5.74) is 0. The van der Waals surface area contributed by atoms with Crippen molar-refractivity contribution >= 4 is 5.96 Å². The first kappa shape index (κ1) is 17.2. The van der Waals surface area contributed by atoms with Gasteiger partial charge in [0.25, 0.3) is 0 Å². The van der Waals surface area contributed by atoms with Gasteiger partial charge in [0, 0.05) is 32.8 Å². The van der Waals surface area contributed by atoms with Gasteiger partial charge in [-0.25, -0.2) is 0 Å². The summed E-state index contributed by atoms with van der Waals surface area (Å²) < 4.78 is 5.04. The largest absolute Gasteiger partial charge is 0.383 e. The van der Waals surface area contributed by atoms with Gasteiger partial charge in [-0.2, -0.15) is 0 Å². The van der Waals surface area contributed by atoms with Crippen LogP contribution in [0.3, 0.4) is 0 Å². The minimum atomic E-state index is 0.409. The molecule has 0 heterocycles. The summed E-state index contributed by atoms with van der Waals surface area (Å²) in [6, 6.07) is 0.409. The van der Waals surface area contributed by atoms with Crippen LogP contribution in [-0.4, -0.2) is 63.8 Å². The minimum Gasteiger partial charge on any atom is -0.383 e. The SMILES string of the molecule is CCNC(=NCCCN(C)CCOC)NC(C)C. The highest BCUT2D eigenvalue weighted by Gasteiger charge is 2.00. The molecule has 0 unspecified atom stereocenters. The molecule has 0 atom stereocenters. The first-order valence-electron chi connectivity index (χ1n) is 6.82. The van der Waals surface area contributed by atoms with Gasteiger partial charge in [0.05, 0.1) is 6.61 Å². The van der Waals surface area contributed by atoms with E-state index < -0.39 is 0 Å². The van der Waals surface area contributed by atoms with Gasteiger partial charge in [0.15, 0.2) is 5.96 Å². The third kappa shape index (κ3) is 10.4. The van der Waals surface area contributed by atoms with Crippen LogP contribution >= 0.6 is 0 Å². The van der Waals surface area contributed by atoms with Crippen LogP contribution in [0.25, 0.3) is 0 Å². The molecule has 2 N–H and O–H groups in total. The second-order valence-electron chi connectivity index (χ2n) is 4.71. The van der Waals surface area contributed by atoms with Crippen molar-refractivity contribution in [1.29, 1.82) is 0 Å². The van der Waals surface area contributed by atoms with E-state index in [4.69, 9.17) is 4.74 Å². The van der Waals surface area contributed by atoms with E-state index in [1.165, 1.54) is 0 Å². The Balaban J connectivity index is 3.80. The van der Waals surface area contributed by atoms with Crippen molar-refractivity contribution in [1.82, 2.24) is 15.5 Å². The highest BCUT2D eigenvalue weighted by Crippen LogP contribution is 1.89. The van der Waals surface area contributed by atoms with Crippen molar-refractivity contribution in [3.05, 3.63) is 0 Å². The van der Waals surface area contributed by atoms with Crippen molar-refractivity contribution in [2.75, 3.05) is 46.9 Å². The van der Waals surface area contributed by atoms with Crippen molar-refractivity contribution in [3.8, 4) is 0 Å². The molecule has 0 fully saturated rings. The number of nitrogens with zero attached hydrogens (tertiary/aromatic N) is 2. The Bertz CT molecular complexity index is 219. The molecule has 108 valence electrons. The first-order chi connectivity index (χ1) is 8.60.